The van der Waals surface area contributed by atoms with Crippen molar-refractivity contribution in [3.05, 3.63) is 96.1 Å². The molecule has 3 aromatic rings. The molecule has 324 valence electrons. The van der Waals surface area contributed by atoms with Crippen LogP contribution in [0.1, 0.15) is 96.6 Å². The summed E-state index contributed by atoms with van der Waals surface area (Å²) >= 11 is 0. The Balaban J connectivity index is 1.63. The van der Waals surface area contributed by atoms with E-state index >= 15 is 0 Å². The van der Waals surface area contributed by atoms with Crippen LogP contribution in [0.3, 0.4) is 0 Å². The number of hydrogen-bond acceptors (Lipinski definition) is 10. The Morgan fingerprint density at radius 3 is 2.48 bits per heavy atom. The smallest absolute Gasteiger partial charge is 0.412 e. The second-order valence-electron chi connectivity index (χ2n) is 16.9. The number of nitrogens with zero attached hydrogens (tertiary/aromatic N) is 2. The first-order chi connectivity index (χ1) is 29.0. The van der Waals surface area contributed by atoms with Gasteiger partial charge in [0, 0.05) is 37.7 Å². The lowest BCUT2D eigenvalue weighted by molar-refractivity contribution is -0.256. The second kappa shape index (κ2) is 20.1. The molecule has 6 rings (SSSR count). The fourth-order valence-corrected chi connectivity index (χ4v) is 9.31. The number of unbranched alkanes of at least 4 members (excludes halogenated alkanes) is 2. The molecule has 0 aromatic heterocycles. The molecule has 3 N–H and O–H groups in total. The summed E-state index contributed by atoms with van der Waals surface area (Å²) in [5.74, 6) is -1.36. The number of hydrogen-bond donors (Lipinski definition) is 3. The first-order valence-electron chi connectivity index (χ1n) is 21.6. The zero-order valence-electron chi connectivity index (χ0n) is 35.9. The predicted octanol–water partition coefficient (Wildman–Crippen LogP) is 9.04. The van der Waals surface area contributed by atoms with Gasteiger partial charge in [-0.2, -0.15) is 0 Å². The zero-order chi connectivity index (χ0) is 42.9. The minimum Gasteiger partial charge on any atom is -0.459 e. The number of carbonyl (C=O) groups is 2. The highest BCUT2D eigenvalue weighted by Gasteiger charge is 2.65. The number of fused-ring (bicyclic) bond motifs is 3. The summed E-state index contributed by atoms with van der Waals surface area (Å²) in [6.45, 7) is 14.5. The van der Waals surface area contributed by atoms with Gasteiger partial charge in [-0.15, -0.1) is 6.58 Å². The minimum atomic E-state index is -1.48. The number of rotatable bonds is 18. The number of ether oxygens (including phenoxy) is 4. The number of aliphatic hydroxyl groups excluding tert-OH is 2. The van der Waals surface area contributed by atoms with E-state index in [-0.39, 0.29) is 57.1 Å². The Morgan fingerprint density at radius 1 is 1.02 bits per heavy atom. The molecule has 3 aromatic carbocycles. The van der Waals surface area contributed by atoms with Crippen molar-refractivity contribution >= 4 is 28.7 Å². The first kappa shape index (κ1) is 44.6. The standard InChI is InChI=1S/C48H63N3O9/c1-7-27-57-48-42(51(46(55)56-9-3)31-34-20-16-19-32-17-10-11-21-36(32)34)30-40(50-60-47(4,5)6)38-28-33(18-12-14-25-52)37(22-13-15-26-53)43(44(38)48)39-29-35(23-24-41(39)59-48)58-45(54)49-8-2/h7,10-11,16-17,19-21,23-24,28-29,33,37,42-44,52-53H,1,8-9,12-15,18,22,25-27,30-31H2,2-6H3,(H,49,54)/t33-,37+,42-,43+,44+,48+/m0/s1. The van der Waals surface area contributed by atoms with Crippen molar-refractivity contribution in [1.29, 1.82) is 0 Å². The fourth-order valence-electron chi connectivity index (χ4n) is 9.31. The van der Waals surface area contributed by atoms with Gasteiger partial charge in [-0.25, -0.2) is 9.59 Å². The molecule has 1 heterocycles. The van der Waals surface area contributed by atoms with Gasteiger partial charge < -0.3 is 39.3 Å². The Morgan fingerprint density at radius 2 is 1.77 bits per heavy atom. The normalized spacial score (nSPS) is 23.8. The molecule has 0 radical (unpaired) electrons. The van der Waals surface area contributed by atoms with E-state index in [1.54, 1.807) is 24.0 Å². The molecular formula is C48H63N3O9. The maximum atomic E-state index is 14.6. The maximum Gasteiger partial charge on any atom is 0.412 e. The molecular weight excluding hydrogens is 763 g/mol. The van der Waals surface area contributed by atoms with Crippen molar-refractivity contribution < 1.29 is 43.6 Å². The van der Waals surface area contributed by atoms with Crippen LogP contribution in [0.15, 0.2) is 90.1 Å². The van der Waals surface area contributed by atoms with Crippen LogP contribution in [0.25, 0.3) is 10.8 Å². The van der Waals surface area contributed by atoms with Crippen LogP contribution < -0.4 is 14.8 Å². The lowest BCUT2D eigenvalue weighted by atomic mass is 9.55. The summed E-state index contributed by atoms with van der Waals surface area (Å²) in [7, 11) is 0. The van der Waals surface area contributed by atoms with Crippen LogP contribution in [-0.2, 0) is 20.9 Å². The van der Waals surface area contributed by atoms with Crippen LogP contribution in [0.4, 0.5) is 9.59 Å². The molecule has 12 nitrogen and oxygen atoms in total. The summed E-state index contributed by atoms with van der Waals surface area (Å²) in [4.78, 5) is 35.4. The molecule has 1 aliphatic heterocycles. The van der Waals surface area contributed by atoms with Crippen LogP contribution in [0, 0.1) is 17.8 Å². The Kier molecular flexibility index (Phi) is 15.0. The number of oxime groups is 1. The molecule has 0 saturated heterocycles. The van der Waals surface area contributed by atoms with E-state index in [0.717, 1.165) is 53.2 Å². The molecule has 1 fully saturated rings. The average Bonchev–Trinajstić information content (AvgIpc) is 3.22. The lowest BCUT2D eigenvalue weighted by Crippen LogP contribution is -2.70. The number of benzene rings is 3. The van der Waals surface area contributed by atoms with Gasteiger partial charge in [-0.3, -0.25) is 4.90 Å². The summed E-state index contributed by atoms with van der Waals surface area (Å²) in [5, 5.41) is 29.5. The minimum absolute atomic E-state index is 0.00397. The Hall–Kier alpha value is -4.91. The van der Waals surface area contributed by atoms with Crippen molar-refractivity contribution in [2.45, 2.75) is 109 Å². The molecule has 6 atom stereocenters. The monoisotopic (exact) mass is 825 g/mol. The second-order valence-corrected chi connectivity index (χ2v) is 16.9. The average molecular weight is 826 g/mol. The number of amides is 2. The Labute approximate surface area is 354 Å². The highest BCUT2D eigenvalue weighted by atomic mass is 16.7. The summed E-state index contributed by atoms with van der Waals surface area (Å²) in [6.07, 6.45) is 7.56. The SMILES string of the molecule is C=CCO[C@@]12Oc3ccc(OC(=O)NCC)cc3[C@H]3[C@H](CCCCO)[C@@H](CCCCO)C=C(C(=NOC(C)(C)C)C[C@@H]1N(Cc1cccc4ccccc14)C(=O)OCC)[C@H]32. The molecule has 60 heavy (non-hydrogen) atoms. The molecule has 0 bridgehead atoms. The van der Waals surface area contributed by atoms with Crippen LogP contribution in [-0.4, -0.2) is 83.4 Å². The van der Waals surface area contributed by atoms with Gasteiger partial charge in [0.2, 0.25) is 5.79 Å². The molecule has 0 spiro atoms. The van der Waals surface area contributed by atoms with E-state index in [4.69, 9.17) is 28.9 Å². The predicted molar refractivity (Wildman–Crippen MR) is 232 cm³/mol. The highest BCUT2D eigenvalue weighted by molar-refractivity contribution is 6.03. The van der Waals surface area contributed by atoms with Crippen molar-refractivity contribution in [1.82, 2.24) is 10.2 Å². The van der Waals surface area contributed by atoms with Gasteiger partial charge in [0.25, 0.3) is 0 Å². The third-order valence-corrected chi connectivity index (χ3v) is 11.7. The van der Waals surface area contributed by atoms with Gasteiger partial charge in [-0.05, 0) is 112 Å². The van der Waals surface area contributed by atoms with Crippen molar-refractivity contribution in [3.8, 4) is 11.5 Å². The largest absolute Gasteiger partial charge is 0.459 e. The molecule has 2 amide bonds. The number of nitrogens with one attached hydrogen (secondary N) is 1. The highest BCUT2D eigenvalue weighted by Crippen LogP contribution is 2.62. The van der Waals surface area contributed by atoms with Crippen molar-refractivity contribution in [3.63, 3.8) is 0 Å². The van der Waals surface area contributed by atoms with Crippen molar-refractivity contribution in [2.24, 2.45) is 22.9 Å². The lowest BCUT2D eigenvalue weighted by Gasteiger charge is -2.60. The summed E-state index contributed by atoms with van der Waals surface area (Å²) < 4.78 is 26.1. The topological polar surface area (TPSA) is 148 Å². The first-order valence-corrected chi connectivity index (χ1v) is 21.6. The summed E-state index contributed by atoms with van der Waals surface area (Å²) in [6, 6.07) is 18.8. The van der Waals surface area contributed by atoms with Crippen LogP contribution in [0.2, 0.25) is 0 Å². The van der Waals surface area contributed by atoms with E-state index in [0.29, 0.717) is 36.6 Å². The number of aliphatic hydroxyl groups is 2. The molecule has 2 aliphatic carbocycles. The molecule has 3 aliphatic rings. The van der Waals surface area contributed by atoms with Gasteiger partial charge in [0.15, 0.2) is 0 Å². The van der Waals surface area contributed by atoms with Gasteiger partial charge in [0.05, 0.1) is 31.4 Å². The number of carbonyl (C=O) groups excluding carboxylic acids is 2. The van der Waals surface area contributed by atoms with E-state index in [9.17, 15) is 19.8 Å². The molecule has 1 saturated carbocycles. The van der Waals surface area contributed by atoms with Crippen LogP contribution in [0.5, 0.6) is 11.5 Å². The van der Waals surface area contributed by atoms with E-state index < -0.39 is 35.5 Å². The third-order valence-electron chi connectivity index (χ3n) is 11.7. The van der Waals surface area contributed by atoms with Gasteiger partial charge in [-0.1, -0.05) is 72.6 Å². The quantitative estimate of drug-likeness (QED) is 0.0649. The fraction of sp³-hybridized carbons (Fsp3) is 0.521. The van der Waals surface area contributed by atoms with E-state index in [1.165, 1.54) is 0 Å². The molecule has 12 heteroatoms. The molecule has 0 unspecified atom stereocenters. The Bertz CT molecular complexity index is 2020. The van der Waals surface area contributed by atoms with Crippen molar-refractivity contribution in [2.75, 3.05) is 33.0 Å². The van der Waals surface area contributed by atoms with Gasteiger partial charge in [0.1, 0.15) is 23.1 Å². The zero-order valence-corrected chi connectivity index (χ0v) is 35.9. The van der Waals surface area contributed by atoms with E-state index in [2.05, 4.69) is 36.2 Å². The van der Waals surface area contributed by atoms with Crippen LogP contribution >= 0.6 is 0 Å². The third kappa shape index (κ3) is 9.82. The summed E-state index contributed by atoms with van der Waals surface area (Å²) in [5.41, 5.74) is 2.74. The van der Waals surface area contributed by atoms with E-state index in [1.807, 2.05) is 64.1 Å². The number of allylic oxidation sites excluding steroid dienone is 1. The maximum absolute atomic E-state index is 14.6. The van der Waals surface area contributed by atoms with Gasteiger partial charge >= 0.3 is 12.2 Å².